The van der Waals surface area contributed by atoms with Crippen LogP contribution in [0.4, 0.5) is 0 Å². The first-order valence-corrected chi connectivity index (χ1v) is 6.75. The van der Waals surface area contributed by atoms with E-state index in [1.807, 2.05) is 32.0 Å². The SMILES string of the molecule is CCOC(=O)/C(=C\c1ccc2[nH]c(C)cc2c1)OCC. The Morgan fingerprint density at radius 2 is 1.95 bits per heavy atom. The molecule has 4 nitrogen and oxygen atoms in total. The van der Waals surface area contributed by atoms with Crippen molar-refractivity contribution >= 4 is 22.9 Å². The molecule has 4 heteroatoms. The summed E-state index contributed by atoms with van der Waals surface area (Å²) in [4.78, 5) is 15.0. The minimum Gasteiger partial charge on any atom is -0.487 e. The highest BCUT2D eigenvalue weighted by Crippen LogP contribution is 2.19. The standard InChI is InChI=1S/C16H19NO3/c1-4-19-15(16(18)20-5-2)10-12-6-7-14-13(9-12)8-11(3)17-14/h6-10,17H,4-5H2,1-3H3/b15-10+. The van der Waals surface area contributed by atoms with Crippen molar-refractivity contribution in [2.75, 3.05) is 13.2 Å². The van der Waals surface area contributed by atoms with Crippen LogP contribution >= 0.6 is 0 Å². The van der Waals surface area contributed by atoms with Gasteiger partial charge < -0.3 is 14.5 Å². The smallest absolute Gasteiger partial charge is 0.373 e. The molecule has 2 aromatic rings. The lowest BCUT2D eigenvalue weighted by Gasteiger charge is -2.07. The first kappa shape index (κ1) is 14.2. The molecule has 0 fully saturated rings. The highest BCUT2D eigenvalue weighted by Gasteiger charge is 2.11. The third-order valence-corrected chi connectivity index (χ3v) is 2.85. The molecule has 0 aliphatic heterocycles. The monoisotopic (exact) mass is 273 g/mol. The maximum Gasteiger partial charge on any atom is 0.373 e. The first-order chi connectivity index (χ1) is 9.63. The highest BCUT2D eigenvalue weighted by molar-refractivity contribution is 5.92. The van der Waals surface area contributed by atoms with Crippen LogP contribution in [0.1, 0.15) is 25.1 Å². The Labute approximate surface area is 118 Å². The van der Waals surface area contributed by atoms with E-state index in [9.17, 15) is 4.79 Å². The molecule has 0 aliphatic carbocycles. The van der Waals surface area contributed by atoms with Gasteiger partial charge >= 0.3 is 5.97 Å². The first-order valence-electron chi connectivity index (χ1n) is 6.75. The molecule has 0 aliphatic rings. The van der Waals surface area contributed by atoms with E-state index in [4.69, 9.17) is 9.47 Å². The van der Waals surface area contributed by atoms with E-state index >= 15 is 0 Å². The Hall–Kier alpha value is -2.23. The van der Waals surface area contributed by atoms with E-state index in [1.54, 1.807) is 13.0 Å². The average molecular weight is 273 g/mol. The quantitative estimate of drug-likeness (QED) is 0.516. The van der Waals surface area contributed by atoms with E-state index in [0.29, 0.717) is 13.2 Å². The van der Waals surface area contributed by atoms with Gasteiger partial charge in [-0.3, -0.25) is 0 Å². The van der Waals surface area contributed by atoms with E-state index in [0.717, 1.165) is 22.2 Å². The third kappa shape index (κ3) is 3.20. The second kappa shape index (κ2) is 6.28. The lowest BCUT2D eigenvalue weighted by atomic mass is 10.1. The van der Waals surface area contributed by atoms with Crippen molar-refractivity contribution in [3.63, 3.8) is 0 Å². The lowest BCUT2D eigenvalue weighted by Crippen LogP contribution is -2.10. The van der Waals surface area contributed by atoms with Gasteiger partial charge in [-0.15, -0.1) is 0 Å². The second-order valence-electron chi connectivity index (χ2n) is 4.46. The number of ether oxygens (including phenoxy) is 2. The van der Waals surface area contributed by atoms with Crippen LogP contribution in [0.5, 0.6) is 0 Å². The van der Waals surface area contributed by atoms with Crippen LogP contribution in [0.25, 0.3) is 17.0 Å². The van der Waals surface area contributed by atoms with Crippen molar-refractivity contribution in [1.82, 2.24) is 4.98 Å². The Bertz CT molecular complexity index is 640. The molecule has 0 spiro atoms. The van der Waals surface area contributed by atoms with Gasteiger partial charge in [0, 0.05) is 16.6 Å². The van der Waals surface area contributed by atoms with Crippen LogP contribution in [0.2, 0.25) is 0 Å². The second-order valence-corrected chi connectivity index (χ2v) is 4.46. The molecule has 0 saturated heterocycles. The molecule has 0 saturated carbocycles. The molecule has 1 heterocycles. The summed E-state index contributed by atoms with van der Waals surface area (Å²) in [6, 6.07) is 8.01. The highest BCUT2D eigenvalue weighted by atomic mass is 16.6. The molecule has 106 valence electrons. The zero-order valence-corrected chi connectivity index (χ0v) is 12.0. The zero-order chi connectivity index (χ0) is 14.5. The number of nitrogens with one attached hydrogen (secondary N) is 1. The number of hydrogen-bond donors (Lipinski definition) is 1. The summed E-state index contributed by atoms with van der Waals surface area (Å²) in [7, 11) is 0. The summed E-state index contributed by atoms with van der Waals surface area (Å²) in [5, 5.41) is 1.11. The summed E-state index contributed by atoms with van der Waals surface area (Å²) in [6.45, 7) is 6.39. The summed E-state index contributed by atoms with van der Waals surface area (Å²) in [5.74, 6) is -0.194. The summed E-state index contributed by atoms with van der Waals surface area (Å²) < 4.78 is 10.3. The molecule has 0 atom stereocenters. The van der Waals surface area contributed by atoms with Crippen molar-refractivity contribution in [1.29, 1.82) is 0 Å². The number of H-pyrrole nitrogens is 1. The van der Waals surface area contributed by atoms with Crippen molar-refractivity contribution in [3.8, 4) is 0 Å². The zero-order valence-electron chi connectivity index (χ0n) is 12.0. The number of aromatic amines is 1. The molecule has 0 radical (unpaired) electrons. The van der Waals surface area contributed by atoms with Crippen LogP contribution in [0.3, 0.4) is 0 Å². The van der Waals surface area contributed by atoms with Gasteiger partial charge in [0.15, 0.2) is 0 Å². The van der Waals surface area contributed by atoms with E-state index in [1.165, 1.54) is 0 Å². The molecule has 0 amide bonds. The molecule has 0 bridgehead atoms. The largest absolute Gasteiger partial charge is 0.487 e. The van der Waals surface area contributed by atoms with Crippen molar-refractivity contribution in [3.05, 3.63) is 41.3 Å². The van der Waals surface area contributed by atoms with Crippen LogP contribution in [-0.4, -0.2) is 24.2 Å². The topological polar surface area (TPSA) is 51.3 Å². The van der Waals surface area contributed by atoms with Gasteiger partial charge in [0.1, 0.15) is 0 Å². The van der Waals surface area contributed by atoms with E-state index in [-0.39, 0.29) is 5.76 Å². The fraction of sp³-hybridized carbons (Fsp3) is 0.312. The van der Waals surface area contributed by atoms with Gasteiger partial charge in [-0.05, 0) is 50.6 Å². The number of carbonyl (C=O) groups excluding carboxylic acids is 1. The van der Waals surface area contributed by atoms with Crippen LogP contribution < -0.4 is 0 Å². The molecule has 1 aromatic carbocycles. The number of carbonyl (C=O) groups is 1. The maximum absolute atomic E-state index is 11.8. The van der Waals surface area contributed by atoms with Crippen LogP contribution in [0.15, 0.2) is 30.0 Å². The number of fused-ring (bicyclic) bond motifs is 1. The lowest BCUT2D eigenvalue weighted by molar-refractivity contribution is -0.142. The van der Waals surface area contributed by atoms with Gasteiger partial charge in [-0.25, -0.2) is 4.79 Å². The number of benzene rings is 1. The van der Waals surface area contributed by atoms with Crippen molar-refractivity contribution < 1.29 is 14.3 Å². The minimum absolute atomic E-state index is 0.237. The Kier molecular flexibility index (Phi) is 4.45. The molecular formula is C16H19NO3. The van der Waals surface area contributed by atoms with Gasteiger partial charge in [0.2, 0.25) is 5.76 Å². The molecule has 1 N–H and O–H groups in total. The van der Waals surface area contributed by atoms with Gasteiger partial charge in [0.25, 0.3) is 0 Å². The van der Waals surface area contributed by atoms with Gasteiger partial charge in [-0.1, -0.05) is 6.07 Å². The maximum atomic E-state index is 11.8. The molecule has 0 unspecified atom stereocenters. The minimum atomic E-state index is -0.431. The Morgan fingerprint density at radius 3 is 2.65 bits per heavy atom. The Morgan fingerprint density at radius 1 is 1.20 bits per heavy atom. The molecule has 1 aromatic heterocycles. The fourth-order valence-corrected chi connectivity index (χ4v) is 2.05. The van der Waals surface area contributed by atoms with E-state index in [2.05, 4.69) is 11.1 Å². The average Bonchev–Trinajstić information content (AvgIpc) is 2.78. The van der Waals surface area contributed by atoms with Crippen molar-refractivity contribution in [2.24, 2.45) is 0 Å². The van der Waals surface area contributed by atoms with Gasteiger partial charge in [0.05, 0.1) is 13.2 Å². The summed E-state index contributed by atoms with van der Waals surface area (Å²) in [6.07, 6.45) is 1.71. The van der Waals surface area contributed by atoms with E-state index < -0.39 is 5.97 Å². The van der Waals surface area contributed by atoms with Crippen molar-refractivity contribution in [2.45, 2.75) is 20.8 Å². The number of aryl methyl sites for hydroxylation is 1. The predicted octanol–water partition coefficient (Wildman–Crippen LogP) is 3.42. The van der Waals surface area contributed by atoms with Crippen LogP contribution in [0, 0.1) is 6.92 Å². The predicted molar refractivity (Wildman–Crippen MR) is 79.3 cm³/mol. The van der Waals surface area contributed by atoms with Crippen LogP contribution in [-0.2, 0) is 14.3 Å². The normalized spacial score (nSPS) is 11.7. The number of esters is 1. The molecule has 20 heavy (non-hydrogen) atoms. The summed E-state index contributed by atoms with van der Waals surface area (Å²) >= 11 is 0. The molecular weight excluding hydrogens is 254 g/mol. The fourth-order valence-electron chi connectivity index (χ4n) is 2.05. The number of hydrogen-bond acceptors (Lipinski definition) is 3. The Balaban J connectivity index is 2.33. The summed E-state index contributed by atoms with van der Waals surface area (Å²) in [5.41, 5.74) is 3.10. The molecule has 2 rings (SSSR count). The third-order valence-electron chi connectivity index (χ3n) is 2.85. The van der Waals surface area contributed by atoms with Gasteiger partial charge in [-0.2, -0.15) is 0 Å². The number of aromatic nitrogens is 1. The number of rotatable bonds is 5.